The Kier molecular flexibility index (Phi) is 5.82. The number of hydrogen-bond acceptors (Lipinski definition) is 4. The summed E-state index contributed by atoms with van der Waals surface area (Å²) in [5, 5.41) is 2.83. The second-order valence-electron chi connectivity index (χ2n) is 6.98. The Bertz CT molecular complexity index is 906. The molecule has 2 N–H and O–H groups in total. The summed E-state index contributed by atoms with van der Waals surface area (Å²) >= 11 is 0. The van der Waals surface area contributed by atoms with Crippen LogP contribution in [0.3, 0.4) is 0 Å². The van der Waals surface area contributed by atoms with Gasteiger partial charge in [-0.3, -0.25) is 4.79 Å². The highest BCUT2D eigenvalue weighted by Crippen LogP contribution is 2.17. The van der Waals surface area contributed by atoms with E-state index in [2.05, 4.69) is 5.32 Å². The monoisotopic (exact) mass is 389 g/mol. The largest absolute Gasteiger partial charge is 0.497 e. The predicted octanol–water partition coefficient (Wildman–Crippen LogP) is 1.28. The van der Waals surface area contributed by atoms with Crippen molar-refractivity contribution in [3.05, 3.63) is 54.1 Å². The Morgan fingerprint density at radius 3 is 2.48 bits per heavy atom. The topological polar surface area (TPSA) is 76.9 Å². The Balaban J connectivity index is 1.63. The zero-order valence-electron chi connectivity index (χ0n) is 15.6. The molecule has 0 bridgehead atoms. The maximum absolute atomic E-state index is 12.5. The molecule has 3 rings (SSSR count). The number of amides is 1. The minimum atomic E-state index is -3.30. The van der Waals surface area contributed by atoms with Crippen LogP contribution in [0.5, 0.6) is 5.75 Å². The summed E-state index contributed by atoms with van der Waals surface area (Å²) in [6, 6.07) is 14.8. The van der Waals surface area contributed by atoms with E-state index in [1.807, 2.05) is 24.3 Å². The molecule has 1 aliphatic rings. The molecule has 6 nitrogen and oxygen atoms in total. The summed E-state index contributed by atoms with van der Waals surface area (Å²) in [7, 11) is -1.66. The van der Waals surface area contributed by atoms with Crippen molar-refractivity contribution in [2.75, 3.05) is 25.2 Å². The molecule has 0 radical (unpaired) electrons. The van der Waals surface area contributed by atoms with Gasteiger partial charge in [0.25, 0.3) is 5.91 Å². The molecular formula is C20H25N2O4S+. The molecule has 0 saturated heterocycles. The summed E-state index contributed by atoms with van der Waals surface area (Å²) in [4.78, 5) is 13.9. The fraction of sp³-hybridized carbons (Fsp3) is 0.350. The van der Waals surface area contributed by atoms with Gasteiger partial charge in [0.05, 0.1) is 18.0 Å². The van der Waals surface area contributed by atoms with E-state index < -0.39 is 9.84 Å². The number of hydrogen-bond donors (Lipinski definition) is 2. The molecule has 1 fully saturated rings. The van der Waals surface area contributed by atoms with Crippen molar-refractivity contribution in [3.63, 3.8) is 0 Å². The van der Waals surface area contributed by atoms with E-state index in [0.717, 1.165) is 37.0 Å². The normalized spacial score (nSPS) is 15.2. The van der Waals surface area contributed by atoms with Crippen LogP contribution in [0.15, 0.2) is 53.4 Å². The lowest BCUT2D eigenvalue weighted by atomic mass is 10.2. The average molecular weight is 389 g/mol. The van der Waals surface area contributed by atoms with Gasteiger partial charge in [0, 0.05) is 30.3 Å². The van der Waals surface area contributed by atoms with E-state index in [0.29, 0.717) is 18.3 Å². The number of nitrogens with one attached hydrogen (secondary N) is 2. The van der Waals surface area contributed by atoms with Crippen molar-refractivity contribution in [1.82, 2.24) is 0 Å². The van der Waals surface area contributed by atoms with Gasteiger partial charge in [0.1, 0.15) is 12.3 Å². The molecule has 1 aliphatic carbocycles. The first-order valence-electron chi connectivity index (χ1n) is 8.92. The maximum atomic E-state index is 12.5. The zero-order chi connectivity index (χ0) is 19.4. The zero-order valence-corrected chi connectivity index (χ0v) is 16.4. The fourth-order valence-electron chi connectivity index (χ4n) is 3.06. The molecule has 27 heavy (non-hydrogen) atoms. The number of sulfone groups is 1. The van der Waals surface area contributed by atoms with Gasteiger partial charge in [-0.2, -0.15) is 0 Å². The van der Waals surface area contributed by atoms with Crippen LogP contribution in [0.2, 0.25) is 0 Å². The molecule has 2 aromatic rings. The molecule has 1 amide bonds. The van der Waals surface area contributed by atoms with E-state index in [4.69, 9.17) is 4.74 Å². The highest BCUT2D eigenvalue weighted by molar-refractivity contribution is 7.90. The van der Waals surface area contributed by atoms with Crippen LogP contribution in [0.4, 0.5) is 5.69 Å². The lowest BCUT2D eigenvalue weighted by Gasteiger charge is -2.19. The minimum Gasteiger partial charge on any atom is -0.497 e. The lowest BCUT2D eigenvalue weighted by Crippen LogP contribution is -3.13. The highest BCUT2D eigenvalue weighted by atomic mass is 32.2. The number of quaternary nitrogens is 1. The van der Waals surface area contributed by atoms with E-state index in [-0.39, 0.29) is 10.8 Å². The van der Waals surface area contributed by atoms with Gasteiger partial charge in [0.15, 0.2) is 16.4 Å². The van der Waals surface area contributed by atoms with Crippen LogP contribution in [-0.2, 0) is 21.2 Å². The standard InChI is InChI=1S/C20H24N2O4S/c1-26-18-10-6-15(7-11-18)13-22(17-8-9-17)14-20(23)21-16-4-3-5-19(12-16)27(2,24)25/h3-7,10-12,17H,8-9,13-14H2,1-2H3,(H,21,23)/p+1. The van der Waals surface area contributed by atoms with Crippen molar-refractivity contribution in [2.24, 2.45) is 0 Å². The Morgan fingerprint density at radius 1 is 1.19 bits per heavy atom. The van der Waals surface area contributed by atoms with Crippen LogP contribution in [-0.4, -0.2) is 40.3 Å². The SMILES string of the molecule is COc1ccc(C[NH+](CC(=O)Nc2cccc(S(C)(=O)=O)c2)C2CC2)cc1. The summed E-state index contributed by atoms with van der Waals surface area (Å²) in [5.74, 6) is 0.700. The third-order valence-electron chi connectivity index (χ3n) is 4.68. The van der Waals surface area contributed by atoms with Crippen LogP contribution in [0, 0.1) is 0 Å². The molecule has 0 spiro atoms. The van der Waals surface area contributed by atoms with Gasteiger partial charge in [-0.05, 0) is 42.5 Å². The van der Waals surface area contributed by atoms with Crippen molar-refractivity contribution < 1.29 is 22.8 Å². The number of benzene rings is 2. The van der Waals surface area contributed by atoms with Gasteiger partial charge < -0.3 is 15.0 Å². The number of ether oxygens (including phenoxy) is 1. The van der Waals surface area contributed by atoms with Crippen molar-refractivity contribution in [2.45, 2.75) is 30.3 Å². The maximum Gasteiger partial charge on any atom is 0.279 e. The van der Waals surface area contributed by atoms with Crippen molar-refractivity contribution in [1.29, 1.82) is 0 Å². The summed E-state index contributed by atoms with van der Waals surface area (Å²) in [6.45, 7) is 1.12. The van der Waals surface area contributed by atoms with Crippen LogP contribution >= 0.6 is 0 Å². The van der Waals surface area contributed by atoms with Crippen LogP contribution in [0.25, 0.3) is 0 Å². The highest BCUT2D eigenvalue weighted by Gasteiger charge is 2.34. The van der Waals surface area contributed by atoms with Crippen molar-refractivity contribution in [3.8, 4) is 5.75 Å². The molecule has 0 heterocycles. The lowest BCUT2D eigenvalue weighted by molar-refractivity contribution is -0.916. The third kappa shape index (κ3) is 5.55. The Morgan fingerprint density at radius 2 is 1.89 bits per heavy atom. The summed E-state index contributed by atoms with van der Waals surface area (Å²) < 4.78 is 28.5. The van der Waals surface area contributed by atoms with E-state index in [1.165, 1.54) is 17.0 Å². The number of rotatable bonds is 8. The molecular weight excluding hydrogens is 364 g/mol. The van der Waals surface area contributed by atoms with E-state index in [1.54, 1.807) is 19.2 Å². The molecule has 0 aromatic heterocycles. The number of carbonyl (C=O) groups excluding carboxylic acids is 1. The molecule has 2 aromatic carbocycles. The first-order valence-corrected chi connectivity index (χ1v) is 10.8. The van der Waals surface area contributed by atoms with Crippen LogP contribution < -0.4 is 15.0 Å². The second-order valence-corrected chi connectivity index (χ2v) is 9.00. The summed E-state index contributed by atoms with van der Waals surface area (Å²) in [5.41, 5.74) is 1.66. The van der Waals surface area contributed by atoms with Gasteiger partial charge in [-0.15, -0.1) is 0 Å². The molecule has 7 heteroatoms. The van der Waals surface area contributed by atoms with E-state index in [9.17, 15) is 13.2 Å². The van der Waals surface area contributed by atoms with Gasteiger partial charge in [-0.1, -0.05) is 6.07 Å². The third-order valence-corrected chi connectivity index (χ3v) is 5.79. The number of methoxy groups -OCH3 is 1. The molecule has 1 atom stereocenters. The van der Waals surface area contributed by atoms with Crippen molar-refractivity contribution >= 4 is 21.4 Å². The molecule has 1 unspecified atom stereocenters. The number of carbonyl (C=O) groups is 1. The molecule has 144 valence electrons. The smallest absolute Gasteiger partial charge is 0.279 e. The Hall–Kier alpha value is -2.38. The van der Waals surface area contributed by atoms with E-state index >= 15 is 0 Å². The molecule has 1 saturated carbocycles. The second kappa shape index (κ2) is 8.10. The van der Waals surface area contributed by atoms with Crippen LogP contribution in [0.1, 0.15) is 18.4 Å². The summed E-state index contributed by atoms with van der Waals surface area (Å²) in [6.07, 6.45) is 3.41. The first kappa shape index (κ1) is 19.4. The quantitative estimate of drug-likeness (QED) is 0.713. The first-order chi connectivity index (χ1) is 12.8. The number of anilines is 1. The van der Waals surface area contributed by atoms with Gasteiger partial charge in [0.2, 0.25) is 0 Å². The molecule has 0 aliphatic heterocycles. The van der Waals surface area contributed by atoms with Gasteiger partial charge in [-0.25, -0.2) is 8.42 Å². The van der Waals surface area contributed by atoms with Gasteiger partial charge >= 0.3 is 0 Å². The average Bonchev–Trinajstić information content (AvgIpc) is 3.46. The minimum absolute atomic E-state index is 0.115. The Labute approximate surface area is 160 Å². The predicted molar refractivity (Wildman–Crippen MR) is 104 cm³/mol. The fourth-order valence-corrected chi connectivity index (χ4v) is 3.73.